The number of fused-ring (bicyclic) bond motifs is 1. The second kappa shape index (κ2) is 7.74. The number of nitrogens with one attached hydrogen (secondary N) is 1. The Morgan fingerprint density at radius 2 is 2.00 bits per heavy atom. The molecule has 1 fully saturated rings. The smallest absolute Gasteiger partial charge is 0.408 e. The first-order chi connectivity index (χ1) is 12.7. The average molecular weight is 390 g/mol. The van der Waals surface area contributed by atoms with E-state index in [1.54, 1.807) is 0 Å². The second-order valence-corrected chi connectivity index (χ2v) is 9.98. The van der Waals surface area contributed by atoms with Crippen LogP contribution in [0.25, 0.3) is 5.52 Å². The van der Waals surface area contributed by atoms with Crippen molar-refractivity contribution in [3.05, 3.63) is 30.4 Å². The molecule has 1 saturated carbocycles. The number of aromatic nitrogens is 2. The van der Waals surface area contributed by atoms with Crippen LogP contribution in [0.2, 0.25) is 0 Å². The molecule has 1 aliphatic carbocycles. The van der Waals surface area contributed by atoms with Gasteiger partial charge in [-0.15, -0.1) is 11.8 Å². The topological polar surface area (TPSA) is 55.6 Å². The van der Waals surface area contributed by atoms with Crippen LogP contribution in [0.1, 0.15) is 66.1 Å². The third-order valence-corrected chi connectivity index (χ3v) is 6.15. The van der Waals surface area contributed by atoms with Crippen LogP contribution in [-0.2, 0) is 10.3 Å². The zero-order valence-electron chi connectivity index (χ0n) is 17.0. The summed E-state index contributed by atoms with van der Waals surface area (Å²) < 4.78 is 7.49. The summed E-state index contributed by atoms with van der Waals surface area (Å²) in [7, 11) is 0. The molecule has 0 spiro atoms. The molecule has 0 radical (unpaired) electrons. The number of carbonyl (C=O) groups is 1. The molecule has 0 aliphatic heterocycles. The maximum absolute atomic E-state index is 12.2. The van der Waals surface area contributed by atoms with Crippen molar-refractivity contribution < 1.29 is 9.53 Å². The molecule has 6 heteroatoms. The predicted molar refractivity (Wildman–Crippen MR) is 110 cm³/mol. The Kier molecular flexibility index (Phi) is 5.75. The number of thioether (sulfide) groups is 1. The highest BCUT2D eigenvalue weighted by atomic mass is 32.2. The van der Waals surface area contributed by atoms with Gasteiger partial charge >= 0.3 is 6.09 Å². The Balaban J connectivity index is 1.78. The van der Waals surface area contributed by atoms with Crippen LogP contribution in [0.4, 0.5) is 4.79 Å². The second-order valence-electron chi connectivity index (χ2n) is 8.92. The maximum atomic E-state index is 12.2. The summed E-state index contributed by atoms with van der Waals surface area (Å²) in [5, 5.41) is 2.95. The number of alkyl carbamates (subject to hydrolysis) is 1. The summed E-state index contributed by atoms with van der Waals surface area (Å²) in [5.74, 6) is 2.80. The Bertz CT molecular complexity index is 801. The van der Waals surface area contributed by atoms with E-state index in [0.29, 0.717) is 0 Å². The van der Waals surface area contributed by atoms with Crippen LogP contribution < -0.4 is 5.32 Å². The first kappa shape index (κ1) is 20.1. The largest absolute Gasteiger partial charge is 0.444 e. The molecular formula is C21H31N3O2S. The quantitative estimate of drug-likeness (QED) is 0.698. The minimum atomic E-state index is -0.649. The van der Waals surface area contributed by atoms with Crippen LogP contribution in [0.3, 0.4) is 0 Å². The third kappa shape index (κ3) is 4.98. The zero-order chi connectivity index (χ0) is 19.7. The van der Waals surface area contributed by atoms with Crippen molar-refractivity contribution in [1.29, 1.82) is 0 Å². The molecule has 2 aromatic heterocycles. The molecule has 148 valence electrons. The minimum Gasteiger partial charge on any atom is -0.444 e. The van der Waals surface area contributed by atoms with Gasteiger partial charge in [0.05, 0.1) is 17.3 Å². The summed E-state index contributed by atoms with van der Waals surface area (Å²) >= 11 is 1.92. The normalized spacial score (nSPS) is 16.0. The van der Waals surface area contributed by atoms with Crippen LogP contribution in [0.5, 0.6) is 0 Å². The van der Waals surface area contributed by atoms with Crippen molar-refractivity contribution in [3.63, 3.8) is 0 Å². The Morgan fingerprint density at radius 3 is 2.67 bits per heavy atom. The highest BCUT2D eigenvalue weighted by Gasteiger charge is 2.30. The summed E-state index contributed by atoms with van der Waals surface area (Å²) in [6, 6.07) is 4.22. The van der Waals surface area contributed by atoms with Crippen molar-refractivity contribution in [3.8, 4) is 0 Å². The van der Waals surface area contributed by atoms with Gasteiger partial charge in [0.1, 0.15) is 11.4 Å². The standard InChI is InChI=1S/C21H31N3O2S/c1-20(2,3)26-19(25)23-21(4,5)18-22-13-16-17(11-8-12-24(16)18)27-14-15-9-6-7-10-15/h8,11-13,15H,6-7,9-10,14H2,1-5H3,(H,23,25). The number of imidazole rings is 1. The van der Waals surface area contributed by atoms with Gasteiger partial charge in [0, 0.05) is 16.8 Å². The number of ether oxygens (including phenoxy) is 1. The monoisotopic (exact) mass is 389 g/mol. The number of nitrogens with zero attached hydrogens (tertiary/aromatic N) is 2. The van der Waals surface area contributed by atoms with Gasteiger partial charge in [-0.25, -0.2) is 9.78 Å². The number of amides is 1. The van der Waals surface area contributed by atoms with E-state index < -0.39 is 17.2 Å². The molecule has 2 heterocycles. The van der Waals surface area contributed by atoms with E-state index in [1.165, 1.54) is 36.3 Å². The van der Waals surface area contributed by atoms with Crippen LogP contribution >= 0.6 is 11.8 Å². The van der Waals surface area contributed by atoms with Gasteiger partial charge in [0.15, 0.2) is 0 Å². The molecular weight excluding hydrogens is 358 g/mol. The van der Waals surface area contributed by atoms with Crippen molar-refractivity contribution in [2.24, 2.45) is 5.92 Å². The SMILES string of the molecule is CC(C)(C)OC(=O)NC(C)(C)c1ncc2c(SCC3CCCC3)cccn12. The lowest BCUT2D eigenvalue weighted by Crippen LogP contribution is -2.44. The molecule has 1 amide bonds. The number of carbonyl (C=O) groups excluding carboxylic acids is 1. The number of hydrogen-bond acceptors (Lipinski definition) is 4. The third-order valence-electron chi connectivity index (χ3n) is 4.85. The van der Waals surface area contributed by atoms with E-state index >= 15 is 0 Å². The fraction of sp³-hybridized carbons (Fsp3) is 0.619. The maximum Gasteiger partial charge on any atom is 0.408 e. The highest BCUT2D eigenvalue weighted by Crippen LogP contribution is 2.33. The van der Waals surface area contributed by atoms with E-state index in [1.807, 2.05) is 58.8 Å². The van der Waals surface area contributed by atoms with Crippen molar-refractivity contribution in [2.75, 3.05) is 5.75 Å². The molecule has 3 rings (SSSR count). The van der Waals surface area contributed by atoms with Gasteiger partial charge in [-0.3, -0.25) is 0 Å². The van der Waals surface area contributed by atoms with Crippen LogP contribution in [-0.4, -0.2) is 26.8 Å². The van der Waals surface area contributed by atoms with Gasteiger partial charge in [-0.1, -0.05) is 12.8 Å². The fourth-order valence-corrected chi connectivity index (χ4v) is 4.80. The highest BCUT2D eigenvalue weighted by molar-refractivity contribution is 7.99. The number of hydrogen-bond donors (Lipinski definition) is 1. The molecule has 27 heavy (non-hydrogen) atoms. The summed E-state index contributed by atoms with van der Waals surface area (Å²) in [6.45, 7) is 9.48. The lowest BCUT2D eigenvalue weighted by Gasteiger charge is -2.27. The van der Waals surface area contributed by atoms with Crippen molar-refractivity contribution in [1.82, 2.24) is 14.7 Å². The van der Waals surface area contributed by atoms with E-state index in [2.05, 4.69) is 26.8 Å². The molecule has 5 nitrogen and oxygen atoms in total. The molecule has 2 aromatic rings. The predicted octanol–water partition coefficient (Wildman–Crippen LogP) is 5.38. The Hall–Kier alpha value is -1.69. The van der Waals surface area contributed by atoms with Crippen molar-refractivity contribution in [2.45, 2.75) is 76.3 Å². The zero-order valence-corrected chi connectivity index (χ0v) is 17.9. The van der Waals surface area contributed by atoms with Gasteiger partial charge in [-0.2, -0.15) is 0 Å². The first-order valence-corrected chi connectivity index (χ1v) is 10.7. The molecule has 0 saturated heterocycles. The van der Waals surface area contributed by atoms with Crippen molar-refractivity contribution >= 4 is 23.4 Å². The minimum absolute atomic E-state index is 0.434. The van der Waals surface area contributed by atoms with Crippen LogP contribution in [0.15, 0.2) is 29.4 Å². The van der Waals surface area contributed by atoms with E-state index in [9.17, 15) is 4.79 Å². The Labute approximate surface area is 166 Å². The fourth-order valence-electron chi connectivity index (χ4n) is 3.58. The summed E-state index contributed by atoms with van der Waals surface area (Å²) in [6.07, 6.45) is 8.94. The number of rotatable bonds is 5. The van der Waals surface area contributed by atoms with E-state index in [4.69, 9.17) is 4.74 Å². The lowest BCUT2D eigenvalue weighted by atomic mass is 10.1. The Morgan fingerprint density at radius 1 is 1.30 bits per heavy atom. The molecule has 0 aromatic carbocycles. The number of pyridine rings is 1. The molecule has 1 aliphatic rings. The molecule has 0 bridgehead atoms. The first-order valence-electron chi connectivity index (χ1n) is 9.76. The van der Waals surface area contributed by atoms with E-state index in [0.717, 1.165) is 17.3 Å². The lowest BCUT2D eigenvalue weighted by molar-refractivity contribution is 0.0466. The summed E-state index contributed by atoms with van der Waals surface area (Å²) in [4.78, 5) is 18.1. The van der Waals surface area contributed by atoms with E-state index in [-0.39, 0.29) is 0 Å². The van der Waals surface area contributed by atoms with Gasteiger partial charge in [-0.05, 0) is 65.5 Å². The molecule has 1 N–H and O–H groups in total. The molecule has 0 unspecified atom stereocenters. The molecule has 0 atom stereocenters. The van der Waals surface area contributed by atoms with Crippen LogP contribution in [0, 0.1) is 5.92 Å². The average Bonchev–Trinajstić information content (AvgIpc) is 3.20. The van der Waals surface area contributed by atoms with Gasteiger partial charge in [0.2, 0.25) is 0 Å². The van der Waals surface area contributed by atoms with Gasteiger partial charge in [0.25, 0.3) is 0 Å². The van der Waals surface area contributed by atoms with Gasteiger partial charge < -0.3 is 14.5 Å². The summed E-state index contributed by atoms with van der Waals surface area (Å²) in [5.41, 5.74) is -0.0860.